The van der Waals surface area contributed by atoms with Crippen LogP contribution in [-0.2, 0) is 0 Å². The van der Waals surface area contributed by atoms with Gasteiger partial charge in [0.1, 0.15) is 0 Å². The minimum atomic E-state index is -0.157. The van der Waals surface area contributed by atoms with Crippen LogP contribution in [0, 0.1) is 0 Å². The Hall–Kier alpha value is -1.51. The van der Waals surface area contributed by atoms with Crippen LogP contribution in [0.15, 0.2) is 24.3 Å². The first-order chi connectivity index (χ1) is 7.14. The van der Waals surface area contributed by atoms with Gasteiger partial charge in [-0.2, -0.15) is 0 Å². The van der Waals surface area contributed by atoms with Crippen molar-refractivity contribution in [1.29, 1.82) is 0 Å². The van der Waals surface area contributed by atoms with Gasteiger partial charge in [0, 0.05) is 12.2 Å². The normalized spacial score (nSPS) is 24.8. The van der Waals surface area contributed by atoms with Crippen LogP contribution >= 0.6 is 0 Å². The molecule has 0 spiro atoms. The Morgan fingerprint density at radius 1 is 1.40 bits per heavy atom. The number of anilines is 1. The zero-order chi connectivity index (χ0) is 10.9. The molecule has 1 amide bonds. The SMILES string of the molecule is CCC1(C)CNc2ccccc2C(=O)N1. The van der Waals surface area contributed by atoms with Crippen LogP contribution in [-0.4, -0.2) is 18.0 Å². The molecule has 2 rings (SSSR count). The molecule has 0 saturated heterocycles. The first-order valence-corrected chi connectivity index (χ1v) is 5.30. The van der Waals surface area contributed by atoms with E-state index in [0.29, 0.717) is 0 Å². The predicted molar refractivity (Wildman–Crippen MR) is 61.1 cm³/mol. The third-order valence-corrected chi connectivity index (χ3v) is 3.04. The highest BCUT2D eigenvalue weighted by atomic mass is 16.1. The van der Waals surface area contributed by atoms with E-state index < -0.39 is 0 Å². The van der Waals surface area contributed by atoms with Gasteiger partial charge in [0.05, 0.1) is 11.1 Å². The van der Waals surface area contributed by atoms with Crippen molar-refractivity contribution in [2.24, 2.45) is 0 Å². The first-order valence-electron chi connectivity index (χ1n) is 5.30. The fraction of sp³-hybridized carbons (Fsp3) is 0.417. The van der Waals surface area contributed by atoms with Gasteiger partial charge in [-0.25, -0.2) is 0 Å². The molecule has 0 aromatic heterocycles. The second-order valence-corrected chi connectivity index (χ2v) is 4.27. The standard InChI is InChI=1S/C12H16N2O/c1-3-12(2)8-13-10-7-5-4-6-9(10)11(15)14-12/h4-7,13H,3,8H2,1-2H3,(H,14,15). The van der Waals surface area contributed by atoms with Crippen LogP contribution in [0.3, 0.4) is 0 Å². The summed E-state index contributed by atoms with van der Waals surface area (Å²) in [6, 6.07) is 7.61. The largest absolute Gasteiger partial charge is 0.382 e. The zero-order valence-electron chi connectivity index (χ0n) is 9.13. The molecule has 2 N–H and O–H groups in total. The predicted octanol–water partition coefficient (Wildman–Crippen LogP) is 2.01. The molecule has 1 aromatic rings. The average Bonchev–Trinajstić information content (AvgIpc) is 2.38. The van der Waals surface area contributed by atoms with Gasteiger partial charge >= 0.3 is 0 Å². The molecule has 1 heterocycles. The monoisotopic (exact) mass is 204 g/mol. The Morgan fingerprint density at radius 2 is 2.13 bits per heavy atom. The maximum Gasteiger partial charge on any atom is 0.253 e. The maximum absolute atomic E-state index is 11.9. The molecule has 0 fully saturated rings. The summed E-state index contributed by atoms with van der Waals surface area (Å²) in [6.45, 7) is 4.91. The van der Waals surface area contributed by atoms with Crippen LogP contribution in [0.1, 0.15) is 30.6 Å². The van der Waals surface area contributed by atoms with Crippen LogP contribution in [0.4, 0.5) is 5.69 Å². The van der Waals surface area contributed by atoms with E-state index in [0.717, 1.165) is 24.2 Å². The number of rotatable bonds is 1. The van der Waals surface area contributed by atoms with E-state index in [4.69, 9.17) is 0 Å². The minimum absolute atomic E-state index is 0.0138. The topological polar surface area (TPSA) is 41.1 Å². The van der Waals surface area contributed by atoms with Gasteiger partial charge in [0.25, 0.3) is 5.91 Å². The second kappa shape index (κ2) is 3.57. The highest BCUT2D eigenvalue weighted by Crippen LogP contribution is 2.22. The smallest absolute Gasteiger partial charge is 0.253 e. The lowest BCUT2D eigenvalue weighted by molar-refractivity contribution is 0.0914. The van der Waals surface area contributed by atoms with Crippen LogP contribution in [0.25, 0.3) is 0 Å². The van der Waals surface area contributed by atoms with Crippen molar-refractivity contribution in [3.8, 4) is 0 Å². The van der Waals surface area contributed by atoms with Gasteiger partial charge in [0.15, 0.2) is 0 Å². The summed E-state index contributed by atoms with van der Waals surface area (Å²) in [6.07, 6.45) is 0.916. The molecular formula is C12H16N2O. The number of hydrogen-bond donors (Lipinski definition) is 2. The molecule has 1 aliphatic rings. The van der Waals surface area contributed by atoms with Crippen molar-refractivity contribution in [2.45, 2.75) is 25.8 Å². The lowest BCUT2D eigenvalue weighted by atomic mass is 9.99. The van der Waals surface area contributed by atoms with Gasteiger partial charge in [-0.1, -0.05) is 19.1 Å². The Kier molecular flexibility index (Phi) is 2.39. The second-order valence-electron chi connectivity index (χ2n) is 4.27. The van der Waals surface area contributed by atoms with Crippen LogP contribution in [0.2, 0.25) is 0 Å². The number of benzene rings is 1. The molecule has 0 bridgehead atoms. The summed E-state index contributed by atoms with van der Waals surface area (Å²) in [5.74, 6) is 0.0138. The van der Waals surface area contributed by atoms with Crippen molar-refractivity contribution in [3.63, 3.8) is 0 Å². The summed E-state index contributed by atoms with van der Waals surface area (Å²) < 4.78 is 0. The van der Waals surface area contributed by atoms with Crippen molar-refractivity contribution in [3.05, 3.63) is 29.8 Å². The van der Waals surface area contributed by atoms with E-state index in [1.165, 1.54) is 0 Å². The average molecular weight is 204 g/mol. The fourth-order valence-corrected chi connectivity index (χ4v) is 1.72. The maximum atomic E-state index is 11.9. The van der Waals surface area contributed by atoms with Crippen LogP contribution in [0.5, 0.6) is 0 Å². The molecule has 0 aliphatic carbocycles. The van der Waals surface area contributed by atoms with Crippen molar-refractivity contribution < 1.29 is 4.79 Å². The molecule has 1 aromatic carbocycles. The number of carbonyl (C=O) groups excluding carboxylic acids is 1. The van der Waals surface area contributed by atoms with Crippen LogP contribution < -0.4 is 10.6 Å². The molecule has 0 saturated carbocycles. The number of para-hydroxylation sites is 1. The van der Waals surface area contributed by atoms with E-state index >= 15 is 0 Å². The molecule has 1 aliphatic heterocycles. The van der Waals surface area contributed by atoms with Crippen molar-refractivity contribution in [2.75, 3.05) is 11.9 Å². The van der Waals surface area contributed by atoms with Crippen molar-refractivity contribution >= 4 is 11.6 Å². The van der Waals surface area contributed by atoms with E-state index in [9.17, 15) is 4.79 Å². The zero-order valence-corrected chi connectivity index (χ0v) is 9.13. The Balaban J connectivity index is 2.36. The van der Waals surface area contributed by atoms with E-state index in [2.05, 4.69) is 24.5 Å². The highest BCUT2D eigenvalue weighted by Gasteiger charge is 2.28. The van der Waals surface area contributed by atoms with Gasteiger partial charge in [-0.15, -0.1) is 0 Å². The molecule has 3 heteroatoms. The Bertz CT molecular complexity index is 389. The first kappa shape index (κ1) is 10.0. The van der Waals surface area contributed by atoms with Gasteiger partial charge in [0.2, 0.25) is 0 Å². The molecule has 80 valence electrons. The van der Waals surface area contributed by atoms with Gasteiger partial charge in [-0.3, -0.25) is 4.79 Å². The third-order valence-electron chi connectivity index (χ3n) is 3.04. The number of nitrogens with one attached hydrogen (secondary N) is 2. The van der Waals surface area contributed by atoms with E-state index in [1.54, 1.807) is 0 Å². The number of amides is 1. The summed E-state index contributed by atoms with van der Waals surface area (Å²) >= 11 is 0. The van der Waals surface area contributed by atoms with Crippen molar-refractivity contribution in [1.82, 2.24) is 5.32 Å². The van der Waals surface area contributed by atoms with E-state index in [-0.39, 0.29) is 11.4 Å². The number of fused-ring (bicyclic) bond motifs is 1. The molecule has 3 nitrogen and oxygen atoms in total. The number of carbonyl (C=O) groups is 1. The lowest BCUT2D eigenvalue weighted by Crippen LogP contribution is -2.48. The minimum Gasteiger partial charge on any atom is -0.382 e. The summed E-state index contributed by atoms with van der Waals surface area (Å²) in [7, 11) is 0. The molecular weight excluding hydrogens is 188 g/mol. The van der Waals surface area contributed by atoms with E-state index in [1.807, 2.05) is 24.3 Å². The fourth-order valence-electron chi connectivity index (χ4n) is 1.72. The lowest BCUT2D eigenvalue weighted by Gasteiger charge is -2.27. The molecule has 1 unspecified atom stereocenters. The molecule has 15 heavy (non-hydrogen) atoms. The molecule has 1 atom stereocenters. The summed E-state index contributed by atoms with van der Waals surface area (Å²) in [5.41, 5.74) is 1.50. The van der Waals surface area contributed by atoms with Gasteiger partial charge < -0.3 is 10.6 Å². The summed E-state index contributed by atoms with van der Waals surface area (Å²) in [4.78, 5) is 11.9. The number of hydrogen-bond acceptors (Lipinski definition) is 2. The summed E-state index contributed by atoms with van der Waals surface area (Å²) in [5, 5.41) is 6.37. The Morgan fingerprint density at radius 3 is 2.87 bits per heavy atom. The molecule has 0 radical (unpaired) electrons. The highest BCUT2D eigenvalue weighted by molar-refractivity contribution is 6.00. The third kappa shape index (κ3) is 1.82. The Labute approximate surface area is 89.9 Å². The van der Waals surface area contributed by atoms with Gasteiger partial charge in [-0.05, 0) is 25.5 Å². The quantitative estimate of drug-likeness (QED) is 0.734.